The molecule has 0 radical (unpaired) electrons. The second kappa shape index (κ2) is 3.10. The summed E-state index contributed by atoms with van der Waals surface area (Å²) in [6.45, 7) is 0. The first-order valence-corrected chi connectivity index (χ1v) is 3.72. The molecular weight excluding hydrogens is 162 g/mol. The maximum absolute atomic E-state index is 10.7. The molecule has 1 aliphatic rings. The fraction of sp³-hybridized carbons (Fsp3) is 0.714. The van der Waals surface area contributed by atoms with E-state index in [-0.39, 0.29) is 12.8 Å². The van der Waals surface area contributed by atoms with Crippen LogP contribution in [0.1, 0.15) is 12.8 Å². The highest BCUT2D eigenvalue weighted by atomic mass is 16.4. The van der Waals surface area contributed by atoms with Crippen LogP contribution in [0.3, 0.4) is 0 Å². The van der Waals surface area contributed by atoms with Gasteiger partial charge in [-0.25, -0.2) is 0 Å². The second-order valence-electron chi connectivity index (χ2n) is 3.08. The van der Waals surface area contributed by atoms with Gasteiger partial charge in [0.15, 0.2) is 0 Å². The van der Waals surface area contributed by atoms with Crippen LogP contribution in [0.25, 0.3) is 0 Å². The molecule has 1 aliphatic carbocycles. The molecule has 1 amide bonds. The van der Waals surface area contributed by atoms with Crippen molar-refractivity contribution in [2.24, 2.45) is 17.6 Å². The van der Waals surface area contributed by atoms with E-state index in [0.717, 1.165) is 0 Å². The number of hydrogen-bond acceptors (Lipinski definition) is 3. The minimum Gasteiger partial charge on any atom is -0.481 e. The second-order valence-corrected chi connectivity index (χ2v) is 3.08. The van der Waals surface area contributed by atoms with Crippen molar-refractivity contribution in [1.29, 1.82) is 0 Å². The minimum absolute atomic E-state index is 0.128. The largest absolute Gasteiger partial charge is 0.481 e. The van der Waals surface area contributed by atoms with Crippen molar-refractivity contribution in [2.75, 3.05) is 0 Å². The van der Waals surface area contributed by atoms with Crippen molar-refractivity contribution in [3.63, 3.8) is 0 Å². The van der Waals surface area contributed by atoms with Gasteiger partial charge in [-0.1, -0.05) is 0 Å². The van der Waals surface area contributed by atoms with Crippen molar-refractivity contribution in [3.05, 3.63) is 0 Å². The number of amides is 1. The van der Waals surface area contributed by atoms with Crippen LogP contribution in [0.4, 0.5) is 0 Å². The van der Waals surface area contributed by atoms with Crippen LogP contribution in [0.5, 0.6) is 0 Å². The number of hydrogen-bond donors (Lipinski definition) is 3. The number of carbonyl (C=O) groups excluding carboxylic acids is 1. The molecule has 0 spiro atoms. The smallest absolute Gasteiger partial charge is 0.307 e. The Morgan fingerprint density at radius 3 is 2.08 bits per heavy atom. The summed E-state index contributed by atoms with van der Waals surface area (Å²) in [5, 5.41) is 17.7. The lowest BCUT2D eigenvalue weighted by atomic mass is 9.96. The summed E-state index contributed by atoms with van der Waals surface area (Å²) in [5.41, 5.74) is 4.97. The Balaban J connectivity index is 2.72. The van der Waals surface area contributed by atoms with Crippen molar-refractivity contribution in [1.82, 2.24) is 0 Å². The van der Waals surface area contributed by atoms with E-state index in [2.05, 4.69) is 0 Å². The van der Waals surface area contributed by atoms with Crippen molar-refractivity contribution in [2.45, 2.75) is 18.9 Å². The standard InChI is InChI=1S/C7H11NO4/c8-6(10)4-1-3(9)2-5(4)7(11)12/h3-5,9H,1-2H2,(H2,8,10)(H,11,12). The molecule has 0 aromatic carbocycles. The van der Waals surface area contributed by atoms with Gasteiger partial charge in [0.25, 0.3) is 0 Å². The van der Waals surface area contributed by atoms with Crippen LogP contribution in [0, 0.1) is 11.8 Å². The third-order valence-electron chi connectivity index (χ3n) is 2.22. The van der Waals surface area contributed by atoms with Crippen LogP contribution < -0.4 is 5.73 Å². The van der Waals surface area contributed by atoms with Gasteiger partial charge in [0, 0.05) is 0 Å². The summed E-state index contributed by atoms with van der Waals surface area (Å²) < 4.78 is 0. The molecule has 1 rings (SSSR count). The van der Waals surface area contributed by atoms with E-state index in [1.165, 1.54) is 0 Å². The van der Waals surface area contributed by atoms with Crippen LogP contribution in [0.2, 0.25) is 0 Å². The lowest BCUT2D eigenvalue weighted by Crippen LogP contribution is -2.30. The number of carboxylic acid groups (broad SMARTS) is 1. The van der Waals surface area contributed by atoms with E-state index in [1.54, 1.807) is 0 Å². The third-order valence-corrected chi connectivity index (χ3v) is 2.22. The molecule has 12 heavy (non-hydrogen) atoms. The molecule has 0 bridgehead atoms. The van der Waals surface area contributed by atoms with E-state index in [1.807, 2.05) is 0 Å². The fourth-order valence-electron chi connectivity index (χ4n) is 1.60. The van der Waals surface area contributed by atoms with Gasteiger partial charge in [-0.05, 0) is 12.8 Å². The minimum atomic E-state index is -1.06. The molecule has 3 unspecified atom stereocenters. The van der Waals surface area contributed by atoms with E-state index in [0.29, 0.717) is 0 Å². The average molecular weight is 173 g/mol. The molecule has 68 valence electrons. The highest BCUT2D eigenvalue weighted by Gasteiger charge is 2.41. The Bertz CT molecular complexity index is 193. The Morgan fingerprint density at radius 2 is 1.75 bits per heavy atom. The van der Waals surface area contributed by atoms with E-state index in [9.17, 15) is 9.59 Å². The van der Waals surface area contributed by atoms with Gasteiger partial charge in [0.2, 0.25) is 5.91 Å². The molecule has 3 atom stereocenters. The average Bonchev–Trinajstić information content (AvgIpc) is 2.31. The zero-order chi connectivity index (χ0) is 9.30. The first-order valence-electron chi connectivity index (χ1n) is 3.72. The van der Waals surface area contributed by atoms with Crippen LogP contribution in [-0.4, -0.2) is 28.2 Å². The first-order chi connectivity index (χ1) is 5.52. The van der Waals surface area contributed by atoms with Gasteiger partial charge in [-0.3, -0.25) is 9.59 Å². The third kappa shape index (κ3) is 1.55. The normalized spacial score (nSPS) is 34.9. The van der Waals surface area contributed by atoms with E-state index < -0.39 is 29.8 Å². The van der Waals surface area contributed by atoms with Gasteiger partial charge in [-0.15, -0.1) is 0 Å². The number of nitrogens with two attached hydrogens (primary N) is 1. The van der Waals surface area contributed by atoms with Crippen LogP contribution >= 0.6 is 0 Å². The summed E-state index contributed by atoms with van der Waals surface area (Å²) >= 11 is 0. The Morgan fingerprint density at radius 1 is 1.25 bits per heavy atom. The monoisotopic (exact) mass is 173 g/mol. The maximum Gasteiger partial charge on any atom is 0.307 e. The topological polar surface area (TPSA) is 101 Å². The van der Waals surface area contributed by atoms with Gasteiger partial charge >= 0.3 is 5.97 Å². The summed E-state index contributed by atoms with van der Waals surface area (Å²) in [4.78, 5) is 21.3. The molecule has 5 heteroatoms. The lowest BCUT2D eigenvalue weighted by Gasteiger charge is -2.09. The summed E-state index contributed by atoms with van der Waals surface area (Å²) in [6, 6.07) is 0. The molecule has 1 saturated carbocycles. The van der Waals surface area contributed by atoms with Gasteiger partial charge in [0.05, 0.1) is 17.9 Å². The SMILES string of the molecule is NC(=O)C1CC(O)CC1C(=O)O. The first kappa shape index (κ1) is 8.99. The van der Waals surface area contributed by atoms with Crippen molar-refractivity contribution in [3.8, 4) is 0 Å². The predicted molar refractivity (Wildman–Crippen MR) is 39.1 cm³/mol. The number of aliphatic hydroxyl groups excluding tert-OH is 1. The maximum atomic E-state index is 10.7. The predicted octanol–water partition coefficient (Wildman–Crippen LogP) is -1.06. The fourth-order valence-corrected chi connectivity index (χ4v) is 1.60. The number of primary amides is 1. The molecule has 5 nitrogen and oxygen atoms in total. The zero-order valence-electron chi connectivity index (χ0n) is 6.43. The van der Waals surface area contributed by atoms with Crippen LogP contribution in [-0.2, 0) is 9.59 Å². The molecule has 0 saturated heterocycles. The zero-order valence-corrected chi connectivity index (χ0v) is 6.43. The van der Waals surface area contributed by atoms with Crippen LogP contribution in [0.15, 0.2) is 0 Å². The molecular formula is C7H11NO4. The van der Waals surface area contributed by atoms with Crippen molar-refractivity contribution >= 4 is 11.9 Å². The molecule has 0 aromatic heterocycles. The molecule has 4 N–H and O–H groups in total. The number of aliphatic hydroxyl groups is 1. The summed E-state index contributed by atoms with van der Waals surface area (Å²) in [6.07, 6.45) is -0.404. The Kier molecular flexibility index (Phi) is 2.32. The molecule has 1 fully saturated rings. The molecule has 0 aliphatic heterocycles. The summed E-state index contributed by atoms with van der Waals surface area (Å²) in [7, 11) is 0. The Hall–Kier alpha value is -1.10. The molecule has 0 aromatic rings. The quantitative estimate of drug-likeness (QED) is 0.495. The Labute approximate surface area is 69.2 Å². The van der Waals surface area contributed by atoms with Gasteiger partial charge in [0.1, 0.15) is 0 Å². The summed E-state index contributed by atoms with van der Waals surface area (Å²) in [5.74, 6) is -3.22. The van der Waals surface area contributed by atoms with E-state index in [4.69, 9.17) is 15.9 Å². The highest BCUT2D eigenvalue weighted by molar-refractivity contribution is 5.84. The number of carbonyl (C=O) groups is 2. The highest BCUT2D eigenvalue weighted by Crippen LogP contribution is 2.31. The number of carboxylic acids is 1. The molecule has 0 heterocycles. The lowest BCUT2D eigenvalue weighted by molar-refractivity contribution is -0.145. The number of aliphatic carboxylic acids is 1. The van der Waals surface area contributed by atoms with E-state index >= 15 is 0 Å². The number of rotatable bonds is 2. The van der Waals surface area contributed by atoms with Crippen molar-refractivity contribution < 1.29 is 19.8 Å². The van der Waals surface area contributed by atoms with Gasteiger partial charge in [-0.2, -0.15) is 0 Å². The van der Waals surface area contributed by atoms with Gasteiger partial charge < -0.3 is 15.9 Å².